The fraction of sp³-hybridized carbons (Fsp3) is 0.419. The first-order valence-corrected chi connectivity index (χ1v) is 14.2. The van der Waals surface area contributed by atoms with Gasteiger partial charge in [-0.2, -0.15) is 0 Å². The van der Waals surface area contributed by atoms with Crippen LogP contribution in [0.4, 0.5) is 0 Å². The van der Waals surface area contributed by atoms with E-state index in [1.54, 1.807) is 30.5 Å². The molecule has 4 rings (SSSR count). The quantitative estimate of drug-likeness (QED) is 0.188. The lowest BCUT2D eigenvalue weighted by atomic mass is 9.96. The molecule has 0 radical (unpaired) electrons. The highest BCUT2D eigenvalue weighted by molar-refractivity contribution is 5.95. The Kier molecular flexibility index (Phi) is 10.1. The third kappa shape index (κ3) is 7.73. The molecule has 3 amide bonds. The minimum atomic E-state index is -1.19. The number of aromatic amines is 1. The first kappa shape index (κ1) is 29.8. The van der Waals surface area contributed by atoms with Gasteiger partial charge in [-0.25, -0.2) is 4.79 Å². The van der Waals surface area contributed by atoms with Crippen LogP contribution in [0.2, 0.25) is 0 Å². The maximum atomic E-state index is 13.7. The molecule has 1 aliphatic heterocycles. The van der Waals surface area contributed by atoms with Gasteiger partial charge >= 0.3 is 5.97 Å². The number of carboxylic acid groups (broad SMARTS) is 1. The highest BCUT2D eigenvalue weighted by atomic mass is 16.4. The Morgan fingerprint density at radius 1 is 0.927 bits per heavy atom. The number of para-hydroxylation sites is 1. The minimum Gasteiger partial charge on any atom is -0.480 e. The van der Waals surface area contributed by atoms with Gasteiger partial charge in [-0.15, -0.1) is 0 Å². The molecule has 1 saturated heterocycles. The van der Waals surface area contributed by atoms with Crippen LogP contribution in [0, 0.1) is 5.92 Å². The molecule has 1 fully saturated rings. The van der Waals surface area contributed by atoms with E-state index in [-0.39, 0.29) is 30.7 Å². The van der Waals surface area contributed by atoms with Crippen molar-refractivity contribution in [2.45, 2.75) is 70.1 Å². The summed E-state index contributed by atoms with van der Waals surface area (Å²) in [7, 11) is 0. The summed E-state index contributed by atoms with van der Waals surface area (Å²) in [6.45, 7) is 4.56. The molecule has 1 aliphatic rings. The van der Waals surface area contributed by atoms with Crippen LogP contribution in [0.25, 0.3) is 10.9 Å². The van der Waals surface area contributed by atoms with Crippen molar-refractivity contribution in [2.24, 2.45) is 5.92 Å². The zero-order chi connectivity index (χ0) is 29.4. The van der Waals surface area contributed by atoms with Crippen molar-refractivity contribution in [3.8, 4) is 0 Å². The van der Waals surface area contributed by atoms with Crippen LogP contribution in [0.5, 0.6) is 0 Å². The molecular weight excluding hydrogens is 522 g/mol. The Morgan fingerprint density at radius 2 is 1.63 bits per heavy atom. The molecule has 0 bridgehead atoms. The van der Waals surface area contributed by atoms with Crippen LogP contribution >= 0.6 is 0 Å². The number of fused-ring (bicyclic) bond motifs is 1. The Labute approximate surface area is 239 Å². The predicted octanol–water partition coefficient (Wildman–Crippen LogP) is 2.29. The van der Waals surface area contributed by atoms with Crippen LogP contribution in [0.3, 0.4) is 0 Å². The Hall–Kier alpha value is -4.18. The van der Waals surface area contributed by atoms with Crippen LogP contribution < -0.4 is 21.3 Å². The summed E-state index contributed by atoms with van der Waals surface area (Å²) >= 11 is 0. The van der Waals surface area contributed by atoms with E-state index in [2.05, 4.69) is 26.3 Å². The summed E-state index contributed by atoms with van der Waals surface area (Å²) in [5.41, 5.74) is 2.45. The fourth-order valence-corrected chi connectivity index (χ4v) is 5.18. The third-order valence-electron chi connectivity index (χ3n) is 7.80. The van der Waals surface area contributed by atoms with E-state index in [0.717, 1.165) is 35.0 Å². The Balaban J connectivity index is 1.56. The van der Waals surface area contributed by atoms with Gasteiger partial charge in [-0.05, 0) is 42.5 Å². The molecule has 218 valence electrons. The maximum Gasteiger partial charge on any atom is 0.326 e. The number of carbonyl (C=O) groups is 4. The summed E-state index contributed by atoms with van der Waals surface area (Å²) < 4.78 is 0. The number of carboxylic acids is 1. The van der Waals surface area contributed by atoms with E-state index < -0.39 is 35.9 Å². The van der Waals surface area contributed by atoms with Gasteiger partial charge in [0, 0.05) is 29.9 Å². The number of rotatable bonds is 13. The molecule has 0 aliphatic carbocycles. The van der Waals surface area contributed by atoms with Gasteiger partial charge in [-0.1, -0.05) is 68.8 Å². The van der Waals surface area contributed by atoms with Crippen molar-refractivity contribution in [1.82, 2.24) is 26.3 Å². The lowest BCUT2D eigenvalue weighted by Gasteiger charge is -2.28. The number of H-pyrrole nitrogens is 1. The highest BCUT2D eigenvalue weighted by Crippen LogP contribution is 2.20. The van der Waals surface area contributed by atoms with Gasteiger partial charge in [0.2, 0.25) is 17.7 Å². The number of benzene rings is 2. The van der Waals surface area contributed by atoms with E-state index in [1.165, 1.54) is 0 Å². The van der Waals surface area contributed by atoms with Crippen molar-refractivity contribution in [2.75, 3.05) is 6.54 Å². The first-order chi connectivity index (χ1) is 19.8. The molecule has 10 heteroatoms. The summed E-state index contributed by atoms with van der Waals surface area (Å²) in [4.78, 5) is 55.5. The van der Waals surface area contributed by atoms with Crippen molar-refractivity contribution in [1.29, 1.82) is 0 Å². The second-order valence-electron chi connectivity index (χ2n) is 10.7. The van der Waals surface area contributed by atoms with Gasteiger partial charge < -0.3 is 31.4 Å². The summed E-state index contributed by atoms with van der Waals surface area (Å²) in [6.07, 6.45) is 4.23. The largest absolute Gasteiger partial charge is 0.480 e. The van der Waals surface area contributed by atoms with Gasteiger partial charge in [0.15, 0.2) is 0 Å². The number of amides is 3. The Morgan fingerprint density at radius 3 is 2.32 bits per heavy atom. The van der Waals surface area contributed by atoms with E-state index in [9.17, 15) is 24.3 Å². The van der Waals surface area contributed by atoms with Crippen LogP contribution in [0.15, 0.2) is 60.8 Å². The second-order valence-corrected chi connectivity index (χ2v) is 10.7. The molecule has 0 saturated carbocycles. The molecule has 6 N–H and O–H groups in total. The average molecular weight is 562 g/mol. The van der Waals surface area contributed by atoms with Gasteiger partial charge in [0.25, 0.3) is 0 Å². The van der Waals surface area contributed by atoms with Crippen molar-refractivity contribution < 1.29 is 24.3 Å². The number of carbonyl (C=O) groups excluding carboxylic acids is 3. The summed E-state index contributed by atoms with van der Waals surface area (Å²) in [5.74, 6) is -2.70. The molecule has 1 aromatic heterocycles. The molecule has 3 aromatic rings. The van der Waals surface area contributed by atoms with E-state index >= 15 is 0 Å². The summed E-state index contributed by atoms with van der Waals surface area (Å²) in [6, 6.07) is 13.2. The van der Waals surface area contributed by atoms with Gasteiger partial charge in [0.1, 0.15) is 18.1 Å². The second kappa shape index (κ2) is 13.9. The average Bonchev–Trinajstić information content (AvgIpc) is 3.66. The van der Waals surface area contributed by atoms with Gasteiger partial charge in [0.05, 0.1) is 6.04 Å². The first-order valence-electron chi connectivity index (χ1n) is 14.2. The van der Waals surface area contributed by atoms with Gasteiger partial charge in [-0.3, -0.25) is 14.4 Å². The van der Waals surface area contributed by atoms with E-state index in [0.29, 0.717) is 12.8 Å². The molecular formula is C31H39N5O5. The number of hydrogen-bond donors (Lipinski definition) is 6. The summed E-state index contributed by atoms with van der Waals surface area (Å²) in [5, 5.41) is 22.3. The van der Waals surface area contributed by atoms with Crippen LogP contribution in [-0.4, -0.2) is 64.5 Å². The molecule has 2 heterocycles. The molecule has 2 aromatic carbocycles. The zero-order valence-electron chi connectivity index (χ0n) is 23.5. The number of hydrogen-bond acceptors (Lipinski definition) is 5. The van der Waals surface area contributed by atoms with E-state index in [1.807, 2.05) is 44.2 Å². The molecule has 41 heavy (non-hydrogen) atoms. The molecule has 0 spiro atoms. The number of nitrogens with one attached hydrogen (secondary N) is 5. The Bertz CT molecular complexity index is 1350. The van der Waals surface area contributed by atoms with Crippen molar-refractivity contribution in [3.63, 3.8) is 0 Å². The fourth-order valence-electron chi connectivity index (χ4n) is 5.18. The maximum absolute atomic E-state index is 13.7. The zero-order valence-corrected chi connectivity index (χ0v) is 23.5. The number of aliphatic carboxylic acids is 1. The lowest BCUT2D eigenvalue weighted by molar-refractivity contribution is -0.142. The molecule has 5 unspecified atom stereocenters. The SMILES string of the molecule is CCC(C)C(NC(=O)C1CCCN1)C(=O)NC(Cc1c[nH]c2ccccc12)C(=O)NC(Cc1ccccc1)C(=O)O. The topological polar surface area (TPSA) is 152 Å². The lowest BCUT2D eigenvalue weighted by Crippen LogP contribution is -2.59. The normalized spacial score (nSPS) is 17.8. The molecule has 5 atom stereocenters. The van der Waals surface area contributed by atoms with Crippen molar-refractivity contribution in [3.05, 3.63) is 71.9 Å². The smallest absolute Gasteiger partial charge is 0.326 e. The van der Waals surface area contributed by atoms with Crippen LogP contribution in [-0.2, 0) is 32.0 Å². The monoisotopic (exact) mass is 561 g/mol. The highest BCUT2D eigenvalue weighted by Gasteiger charge is 2.34. The van der Waals surface area contributed by atoms with Crippen molar-refractivity contribution >= 4 is 34.6 Å². The minimum absolute atomic E-state index is 0.0929. The van der Waals surface area contributed by atoms with E-state index in [4.69, 9.17) is 0 Å². The molecule has 10 nitrogen and oxygen atoms in total. The third-order valence-corrected chi connectivity index (χ3v) is 7.80. The number of aromatic nitrogens is 1. The standard InChI is InChI=1S/C31H39N5O5/c1-3-19(2)27(36-28(37)24-14-9-15-32-24)30(39)34-25(17-21-18-33-23-13-8-7-12-22(21)23)29(38)35-26(31(40)41)16-20-10-5-4-6-11-20/h4-8,10-13,18-19,24-27,32-33H,3,9,14-17H2,1-2H3,(H,34,39)(H,35,38)(H,36,37)(H,40,41). The predicted molar refractivity (Wildman–Crippen MR) is 156 cm³/mol. The van der Waals surface area contributed by atoms with Crippen LogP contribution in [0.1, 0.15) is 44.2 Å².